The van der Waals surface area contributed by atoms with E-state index in [1.54, 1.807) is 11.1 Å². The Labute approximate surface area is 137 Å². The van der Waals surface area contributed by atoms with Crippen LogP contribution in [0.2, 0.25) is 0 Å². The van der Waals surface area contributed by atoms with E-state index in [0.29, 0.717) is 13.1 Å². The minimum Gasteiger partial charge on any atom is -0.362 e. The average Bonchev–Trinajstić information content (AvgIpc) is 2.62. The summed E-state index contributed by atoms with van der Waals surface area (Å²) in [5, 5.41) is 2.87. The number of carbonyl (C=O) groups is 1. The van der Waals surface area contributed by atoms with Crippen LogP contribution in [0.3, 0.4) is 0 Å². The SMILES string of the molecule is C[C@@H]1CN(C(=O)NCc2cccnc2N(C)C)CCS(=O)(=O)C1. The first-order valence-electron chi connectivity index (χ1n) is 7.63. The number of nitrogens with one attached hydrogen (secondary N) is 1. The summed E-state index contributed by atoms with van der Waals surface area (Å²) in [6.07, 6.45) is 1.71. The standard InChI is InChI=1S/C15H24N4O3S/c1-12-10-19(7-8-23(21,22)11-12)15(20)17-9-13-5-4-6-16-14(13)18(2)3/h4-6,12H,7-11H2,1-3H3,(H,17,20)/t12-/m1/s1. The second kappa shape index (κ2) is 7.16. The third kappa shape index (κ3) is 4.82. The van der Waals surface area contributed by atoms with Crippen LogP contribution in [-0.4, -0.2) is 63.0 Å². The van der Waals surface area contributed by atoms with Crippen molar-refractivity contribution in [3.63, 3.8) is 0 Å². The molecule has 1 atom stereocenters. The predicted molar refractivity (Wildman–Crippen MR) is 90.2 cm³/mol. The van der Waals surface area contributed by atoms with Gasteiger partial charge in [-0.05, 0) is 12.0 Å². The molecule has 8 heteroatoms. The largest absolute Gasteiger partial charge is 0.362 e. The summed E-state index contributed by atoms with van der Waals surface area (Å²) >= 11 is 0. The third-order valence-electron chi connectivity index (χ3n) is 3.75. The van der Waals surface area contributed by atoms with E-state index in [2.05, 4.69) is 10.3 Å². The van der Waals surface area contributed by atoms with Gasteiger partial charge in [0.25, 0.3) is 0 Å². The van der Waals surface area contributed by atoms with Gasteiger partial charge >= 0.3 is 6.03 Å². The summed E-state index contributed by atoms with van der Waals surface area (Å²) in [5.41, 5.74) is 0.918. The van der Waals surface area contributed by atoms with Crippen molar-refractivity contribution in [1.29, 1.82) is 0 Å². The Hall–Kier alpha value is -1.83. The van der Waals surface area contributed by atoms with Crippen LogP contribution in [-0.2, 0) is 16.4 Å². The van der Waals surface area contributed by atoms with E-state index < -0.39 is 9.84 Å². The van der Waals surface area contributed by atoms with E-state index in [-0.39, 0.29) is 30.0 Å². The van der Waals surface area contributed by atoms with Gasteiger partial charge in [0.2, 0.25) is 0 Å². The van der Waals surface area contributed by atoms with Crippen molar-refractivity contribution in [3.8, 4) is 0 Å². The van der Waals surface area contributed by atoms with Gasteiger partial charge in [0.05, 0.1) is 11.5 Å². The molecular formula is C15H24N4O3S. The number of pyridine rings is 1. The second-order valence-corrected chi connectivity index (χ2v) is 8.43. The molecule has 2 rings (SSSR count). The predicted octanol–water partition coefficient (Wildman–Crippen LogP) is 0.724. The molecule has 1 N–H and O–H groups in total. The van der Waals surface area contributed by atoms with Gasteiger partial charge in [0.1, 0.15) is 5.82 Å². The fraction of sp³-hybridized carbons (Fsp3) is 0.600. The molecule has 1 fully saturated rings. The quantitative estimate of drug-likeness (QED) is 0.877. The van der Waals surface area contributed by atoms with E-state index in [1.165, 1.54) is 0 Å². The molecule has 0 aliphatic carbocycles. The Morgan fingerprint density at radius 1 is 1.48 bits per heavy atom. The lowest BCUT2D eigenvalue weighted by molar-refractivity contribution is 0.195. The lowest BCUT2D eigenvalue weighted by atomic mass is 10.2. The van der Waals surface area contributed by atoms with Crippen LogP contribution in [0.15, 0.2) is 18.3 Å². The highest BCUT2D eigenvalue weighted by molar-refractivity contribution is 7.91. The van der Waals surface area contributed by atoms with Crippen molar-refractivity contribution >= 4 is 21.7 Å². The normalized spacial score (nSPS) is 20.7. The number of nitrogens with zero attached hydrogens (tertiary/aromatic N) is 3. The van der Waals surface area contributed by atoms with Crippen molar-refractivity contribution in [2.45, 2.75) is 13.5 Å². The molecule has 0 saturated carbocycles. The number of aromatic nitrogens is 1. The molecule has 1 saturated heterocycles. The third-order valence-corrected chi connectivity index (χ3v) is 5.63. The van der Waals surface area contributed by atoms with Crippen LogP contribution >= 0.6 is 0 Å². The van der Waals surface area contributed by atoms with Crippen molar-refractivity contribution in [2.24, 2.45) is 5.92 Å². The van der Waals surface area contributed by atoms with Crippen LogP contribution in [0.5, 0.6) is 0 Å². The van der Waals surface area contributed by atoms with E-state index in [0.717, 1.165) is 11.4 Å². The fourth-order valence-electron chi connectivity index (χ4n) is 2.72. The molecule has 0 aromatic carbocycles. The van der Waals surface area contributed by atoms with Crippen LogP contribution in [0.4, 0.5) is 10.6 Å². The number of hydrogen-bond acceptors (Lipinski definition) is 5. The monoisotopic (exact) mass is 340 g/mol. The Balaban J connectivity index is 2.00. The molecular weight excluding hydrogens is 316 g/mol. The van der Waals surface area contributed by atoms with E-state index in [1.807, 2.05) is 38.1 Å². The highest BCUT2D eigenvalue weighted by atomic mass is 32.2. The molecule has 0 bridgehead atoms. The summed E-state index contributed by atoms with van der Waals surface area (Å²) in [6, 6.07) is 3.51. The molecule has 128 valence electrons. The maximum atomic E-state index is 12.3. The summed E-state index contributed by atoms with van der Waals surface area (Å²) in [7, 11) is 0.737. The Bertz CT molecular complexity index is 660. The van der Waals surface area contributed by atoms with Crippen molar-refractivity contribution in [1.82, 2.24) is 15.2 Å². The number of hydrogen-bond donors (Lipinski definition) is 1. The number of urea groups is 1. The molecule has 0 radical (unpaired) electrons. The molecule has 23 heavy (non-hydrogen) atoms. The molecule has 0 unspecified atom stereocenters. The number of sulfone groups is 1. The Kier molecular flexibility index (Phi) is 5.46. The Morgan fingerprint density at radius 2 is 2.22 bits per heavy atom. The van der Waals surface area contributed by atoms with Crippen molar-refractivity contribution < 1.29 is 13.2 Å². The van der Waals surface area contributed by atoms with Crippen LogP contribution < -0.4 is 10.2 Å². The van der Waals surface area contributed by atoms with Crippen molar-refractivity contribution in [3.05, 3.63) is 23.9 Å². The molecule has 7 nitrogen and oxygen atoms in total. The number of anilines is 1. The molecule has 0 spiro atoms. The molecule has 1 aliphatic heterocycles. The van der Waals surface area contributed by atoms with E-state index in [4.69, 9.17) is 0 Å². The molecule has 2 heterocycles. The van der Waals surface area contributed by atoms with Gasteiger partial charge in [-0.15, -0.1) is 0 Å². The lowest BCUT2D eigenvalue weighted by Crippen LogP contribution is -2.42. The second-order valence-electron chi connectivity index (χ2n) is 6.20. The first-order valence-corrected chi connectivity index (χ1v) is 9.45. The van der Waals surface area contributed by atoms with Crippen LogP contribution in [0, 0.1) is 5.92 Å². The zero-order valence-electron chi connectivity index (χ0n) is 13.8. The van der Waals surface area contributed by atoms with Gasteiger partial charge in [0, 0.05) is 45.5 Å². The minimum atomic E-state index is -3.06. The minimum absolute atomic E-state index is 0.0284. The topological polar surface area (TPSA) is 82.6 Å². The maximum Gasteiger partial charge on any atom is 0.317 e. The van der Waals surface area contributed by atoms with Crippen LogP contribution in [0.1, 0.15) is 12.5 Å². The first-order chi connectivity index (χ1) is 10.8. The average molecular weight is 340 g/mol. The highest BCUT2D eigenvalue weighted by Crippen LogP contribution is 2.15. The summed E-state index contributed by atoms with van der Waals surface area (Å²) in [4.78, 5) is 20.1. The van der Waals surface area contributed by atoms with Gasteiger partial charge in [0.15, 0.2) is 9.84 Å². The van der Waals surface area contributed by atoms with Gasteiger partial charge in [-0.2, -0.15) is 0 Å². The zero-order valence-corrected chi connectivity index (χ0v) is 14.6. The number of amides is 2. The summed E-state index contributed by atoms with van der Waals surface area (Å²) in [5.74, 6) is 0.925. The van der Waals surface area contributed by atoms with Gasteiger partial charge < -0.3 is 15.1 Å². The molecule has 2 amide bonds. The van der Waals surface area contributed by atoms with E-state index >= 15 is 0 Å². The summed E-state index contributed by atoms with van der Waals surface area (Å²) in [6.45, 7) is 2.91. The van der Waals surface area contributed by atoms with E-state index in [9.17, 15) is 13.2 Å². The van der Waals surface area contributed by atoms with Crippen molar-refractivity contribution in [2.75, 3.05) is 43.6 Å². The molecule has 1 aromatic rings. The van der Waals surface area contributed by atoms with Crippen LogP contribution in [0.25, 0.3) is 0 Å². The zero-order chi connectivity index (χ0) is 17.0. The summed E-state index contributed by atoms with van der Waals surface area (Å²) < 4.78 is 23.6. The van der Waals surface area contributed by atoms with Gasteiger partial charge in [-0.1, -0.05) is 13.0 Å². The number of rotatable bonds is 3. The highest BCUT2D eigenvalue weighted by Gasteiger charge is 2.26. The smallest absolute Gasteiger partial charge is 0.317 e. The van der Waals surface area contributed by atoms with Gasteiger partial charge in [-0.3, -0.25) is 0 Å². The first kappa shape index (κ1) is 17.5. The fourth-order valence-corrected chi connectivity index (χ4v) is 4.36. The lowest BCUT2D eigenvalue weighted by Gasteiger charge is -2.23. The maximum absolute atomic E-state index is 12.3. The Morgan fingerprint density at radius 3 is 2.91 bits per heavy atom. The number of carbonyl (C=O) groups excluding carboxylic acids is 1. The van der Waals surface area contributed by atoms with Gasteiger partial charge in [-0.25, -0.2) is 18.2 Å². The molecule has 1 aromatic heterocycles. The molecule has 1 aliphatic rings.